The fourth-order valence-corrected chi connectivity index (χ4v) is 4.17. The van der Waals surface area contributed by atoms with Gasteiger partial charge in [-0.3, -0.25) is 4.90 Å². The molecule has 2 unspecified atom stereocenters. The molecule has 0 saturated carbocycles. The smallest absolute Gasteiger partial charge is 0.0991 e. The van der Waals surface area contributed by atoms with Gasteiger partial charge in [-0.1, -0.05) is 36.4 Å². The molecule has 0 amide bonds. The van der Waals surface area contributed by atoms with Crippen molar-refractivity contribution in [3.05, 3.63) is 70.8 Å². The number of aryl methyl sites for hydroxylation is 1. The summed E-state index contributed by atoms with van der Waals surface area (Å²) in [5.74, 6) is 0.509. The number of hydrogen-bond acceptors (Lipinski definition) is 2. The zero-order valence-corrected chi connectivity index (χ0v) is 13.4. The summed E-state index contributed by atoms with van der Waals surface area (Å²) in [7, 11) is 0. The number of likely N-dealkylation sites (tertiary alicyclic amines) is 1. The fraction of sp³-hybridized carbons (Fsp3) is 0.381. The summed E-state index contributed by atoms with van der Waals surface area (Å²) >= 11 is 0. The molecule has 1 saturated heterocycles. The Morgan fingerprint density at radius 1 is 1.09 bits per heavy atom. The number of hydrogen-bond donors (Lipinski definition) is 0. The highest BCUT2D eigenvalue weighted by Gasteiger charge is 2.35. The van der Waals surface area contributed by atoms with E-state index < -0.39 is 0 Å². The van der Waals surface area contributed by atoms with E-state index in [1.165, 1.54) is 42.6 Å². The Balaban J connectivity index is 1.72. The van der Waals surface area contributed by atoms with Gasteiger partial charge in [0.05, 0.1) is 11.6 Å². The largest absolute Gasteiger partial charge is 0.300 e. The molecule has 2 nitrogen and oxygen atoms in total. The molecule has 0 bridgehead atoms. The van der Waals surface area contributed by atoms with Crippen LogP contribution >= 0.6 is 0 Å². The van der Waals surface area contributed by atoms with Gasteiger partial charge in [-0.15, -0.1) is 0 Å². The maximum atomic E-state index is 9.29. The van der Waals surface area contributed by atoms with E-state index >= 15 is 0 Å². The minimum absolute atomic E-state index is 0.509. The van der Waals surface area contributed by atoms with Gasteiger partial charge in [-0.25, -0.2) is 0 Å². The van der Waals surface area contributed by atoms with Crippen molar-refractivity contribution in [1.29, 1.82) is 5.26 Å². The third-order valence-corrected chi connectivity index (χ3v) is 5.51. The Morgan fingerprint density at radius 3 is 2.61 bits per heavy atom. The fourth-order valence-electron chi connectivity index (χ4n) is 4.17. The predicted octanol–water partition coefficient (Wildman–Crippen LogP) is 3.91. The van der Waals surface area contributed by atoms with E-state index in [9.17, 15) is 5.26 Å². The van der Waals surface area contributed by atoms with E-state index in [2.05, 4.69) is 53.4 Å². The molecule has 0 radical (unpaired) electrons. The molecule has 0 N–H and O–H groups in total. The van der Waals surface area contributed by atoms with Crippen LogP contribution in [0.15, 0.2) is 48.5 Å². The zero-order valence-electron chi connectivity index (χ0n) is 13.4. The topological polar surface area (TPSA) is 27.0 Å². The van der Waals surface area contributed by atoms with E-state index in [0.717, 1.165) is 18.4 Å². The van der Waals surface area contributed by atoms with Crippen LogP contribution < -0.4 is 0 Å². The van der Waals surface area contributed by atoms with Crippen LogP contribution in [0.3, 0.4) is 0 Å². The van der Waals surface area contributed by atoms with Crippen molar-refractivity contribution in [3.63, 3.8) is 0 Å². The highest BCUT2D eigenvalue weighted by molar-refractivity contribution is 5.43. The lowest BCUT2D eigenvalue weighted by Gasteiger charge is -2.45. The minimum atomic E-state index is 0.509. The molecule has 0 aromatic heterocycles. The van der Waals surface area contributed by atoms with Crippen LogP contribution in [0, 0.1) is 11.3 Å². The van der Waals surface area contributed by atoms with Gasteiger partial charge in [0.15, 0.2) is 0 Å². The summed E-state index contributed by atoms with van der Waals surface area (Å²) in [6, 6.07) is 20.1. The second-order valence-corrected chi connectivity index (χ2v) is 6.82. The van der Waals surface area contributed by atoms with Crippen LogP contribution in [0.2, 0.25) is 0 Å². The Bertz CT molecular complexity index is 725. The summed E-state index contributed by atoms with van der Waals surface area (Å²) in [4.78, 5) is 2.65. The van der Waals surface area contributed by atoms with Crippen molar-refractivity contribution in [2.45, 2.75) is 37.6 Å². The average Bonchev–Trinajstić information content (AvgIpc) is 2.56. The van der Waals surface area contributed by atoms with Gasteiger partial charge in [0.25, 0.3) is 0 Å². The van der Waals surface area contributed by atoms with Crippen LogP contribution in [0.4, 0.5) is 0 Å². The molecule has 2 aromatic rings. The number of nitriles is 1. The average molecular weight is 302 g/mol. The second kappa shape index (κ2) is 6.18. The summed E-state index contributed by atoms with van der Waals surface area (Å²) in [5.41, 5.74) is 5.06. The highest BCUT2D eigenvalue weighted by atomic mass is 15.2. The molecule has 1 fully saturated rings. The molecule has 1 heterocycles. The summed E-state index contributed by atoms with van der Waals surface area (Å²) < 4.78 is 0. The Kier molecular flexibility index (Phi) is 3.89. The molecule has 4 rings (SSSR count). The van der Waals surface area contributed by atoms with Gasteiger partial charge >= 0.3 is 0 Å². The van der Waals surface area contributed by atoms with Crippen molar-refractivity contribution in [2.24, 2.45) is 0 Å². The van der Waals surface area contributed by atoms with Crippen LogP contribution in [0.5, 0.6) is 0 Å². The van der Waals surface area contributed by atoms with Crippen LogP contribution in [0.1, 0.15) is 41.0 Å². The quantitative estimate of drug-likeness (QED) is 0.859. The Morgan fingerprint density at radius 2 is 1.91 bits per heavy atom. The SMILES string of the molecule is N#Cc1ccc2c(c1)C(Cc1ccccc1)C(N1CCC1)CC2. The Hall–Kier alpha value is -2.11. The molecule has 2 aliphatic rings. The van der Waals surface area contributed by atoms with Gasteiger partial charge in [0.1, 0.15) is 0 Å². The standard InChI is InChI=1S/C21H22N2/c22-15-17-7-8-18-9-10-21(23-11-4-12-23)20(19(18)14-17)13-16-5-2-1-3-6-16/h1-3,5-8,14,20-21H,4,9-13H2. The van der Waals surface area contributed by atoms with Crippen molar-refractivity contribution in [3.8, 4) is 6.07 Å². The van der Waals surface area contributed by atoms with E-state index in [4.69, 9.17) is 0 Å². The molecular weight excluding hydrogens is 280 g/mol. The molecule has 2 aromatic carbocycles. The number of rotatable bonds is 3. The molecule has 0 spiro atoms. The number of fused-ring (bicyclic) bond motifs is 1. The van der Waals surface area contributed by atoms with Gasteiger partial charge < -0.3 is 0 Å². The van der Waals surface area contributed by atoms with Crippen molar-refractivity contribution >= 4 is 0 Å². The van der Waals surface area contributed by atoms with Crippen LogP contribution in [-0.4, -0.2) is 24.0 Å². The third-order valence-electron chi connectivity index (χ3n) is 5.51. The first-order valence-corrected chi connectivity index (χ1v) is 8.66. The lowest BCUT2D eigenvalue weighted by molar-refractivity contribution is 0.0877. The van der Waals surface area contributed by atoms with Crippen LogP contribution in [-0.2, 0) is 12.8 Å². The molecule has 2 atom stereocenters. The van der Waals surface area contributed by atoms with Crippen molar-refractivity contribution in [1.82, 2.24) is 4.90 Å². The monoisotopic (exact) mass is 302 g/mol. The lowest BCUT2D eigenvalue weighted by atomic mass is 9.74. The number of nitrogens with zero attached hydrogens (tertiary/aromatic N) is 2. The van der Waals surface area contributed by atoms with Gasteiger partial charge in [0, 0.05) is 12.0 Å². The highest BCUT2D eigenvalue weighted by Crippen LogP contribution is 2.39. The van der Waals surface area contributed by atoms with Gasteiger partial charge in [-0.05, 0) is 67.6 Å². The van der Waals surface area contributed by atoms with Gasteiger partial charge in [-0.2, -0.15) is 5.26 Å². The maximum Gasteiger partial charge on any atom is 0.0991 e. The summed E-state index contributed by atoms with van der Waals surface area (Å²) in [6.45, 7) is 2.48. The van der Waals surface area contributed by atoms with Crippen molar-refractivity contribution < 1.29 is 0 Å². The maximum absolute atomic E-state index is 9.29. The molecule has 1 aliphatic heterocycles. The molecule has 2 heteroatoms. The minimum Gasteiger partial charge on any atom is -0.300 e. The zero-order chi connectivity index (χ0) is 15.6. The van der Waals surface area contributed by atoms with E-state index in [1.54, 1.807) is 0 Å². The van der Waals surface area contributed by atoms with Crippen molar-refractivity contribution in [2.75, 3.05) is 13.1 Å². The molecule has 1 aliphatic carbocycles. The first-order chi connectivity index (χ1) is 11.3. The second-order valence-electron chi connectivity index (χ2n) is 6.82. The van der Waals surface area contributed by atoms with E-state index in [1.807, 2.05) is 6.07 Å². The summed E-state index contributed by atoms with van der Waals surface area (Å²) in [5, 5.41) is 9.29. The van der Waals surface area contributed by atoms with E-state index in [-0.39, 0.29) is 0 Å². The molecule has 23 heavy (non-hydrogen) atoms. The first-order valence-electron chi connectivity index (χ1n) is 8.66. The Labute approximate surface area is 138 Å². The van der Waals surface area contributed by atoms with Gasteiger partial charge in [0.2, 0.25) is 0 Å². The predicted molar refractivity (Wildman–Crippen MR) is 92.3 cm³/mol. The lowest BCUT2D eigenvalue weighted by Crippen LogP contribution is -2.49. The van der Waals surface area contributed by atoms with Crippen LogP contribution in [0.25, 0.3) is 0 Å². The normalized spacial score (nSPS) is 23.6. The van der Waals surface area contributed by atoms with E-state index in [0.29, 0.717) is 12.0 Å². The molecule has 116 valence electrons. The first kappa shape index (κ1) is 14.5. The number of benzene rings is 2. The third kappa shape index (κ3) is 2.78. The summed E-state index contributed by atoms with van der Waals surface area (Å²) in [6.07, 6.45) is 4.80. The molecular formula is C21H22N2.